The van der Waals surface area contributed by atoms with E-state index in [4.69, 9.17) is 10.5 Å². The van der Waals surface area contributed by atoms with Gasteiger partial charge in [-0.05, 0) is 16.7 Å². The van der Waals surface area contributed by atoms with E-state index in [1.54, 1.807) is 12.1 Å². The first-order valence-electron chi connectivity index (χ1n) is 12.0. The lowest BCUT2D eigenvalue weighted by Gasteiger charge is -2.36. The summed E-state index contributed by atoms with van der Waals surface area (Å²) in [6.45, 7) is 1.51. The Labute approximate surface area is 220 Å². The molecular formula is C27H31N3O8. The molecule has 0 aromatic heterocycles. The lowest BCUT2D eigenvalue weighted by Crippen LogP contribution is -2.59. The van der Waals surface area contributed by atoms with Crippen LogP contribution in [-0.4, -0.2) is 61.0 Å². The zero-order chi connectivity index (χ0) is 27.8. The van der Waals surface area contributed by atoms with Crippen LogP contribution in [0.1, 0.15) is 23.6 Å². The summed E-state index contributed by atoms with van der Waals surface area (Å²) >= 11 is 0. The minimum atomic E-state index is -1.51. The molecule has 1 aliphatic heterocycles. The van der Waals surface area contributed by atoms with Gasteiger partial charge in [0, 0.05) is 12.3 Å². The van der Waals surface area contributed by atoms with Gasteiger partial charge in [0.05, 0.1) is 20.8 Å². The number of amides is 3. The number of nitrogens with zero attached hydrogens (tertiary/aromatic N) is 1. The molecule has 0 radical (unpaired) electrons. The van der Waals surface area contributed by atoms with E-state index >= 15 is 0 Å². The summed E-state index contributed by atoms with van der Waals surface area (Å²) < 4.78 is 14.9. The molecule has 11 heteroatoms. The van der Waals surface area contributed by atoms with Gasteiger partial charge >= 0.3 is 18.0 Å². The number of nitrogens with two attached hydrogens (primary N) is 1. The molecule has 0 aliphatic carbocycles. The SMILES string of the molecule is COC(=O)C(C(=O)OC)[C@@H](C)[C@@H](NC(=O)[C@@H]1Cc2ccccc2CN1C(=O)OCc1ccccc1)C(N)=O. The van der Waals surface area contributed by atoms with Gasteiger partial charge in [-0.1, -0.05) is 61.5 Å². The molecule has 38 heavy (non-hydrogen) atoms. The molecule has 0 saturated heterocycles. The molecule has 0 unspecified atom stereocenters. The second-order valence-electron chi connectivity index (χ2n) is 8.93. The van der Waals surface area contributed by atoms with Gasteiger partial charge in [-0.3, -0.25) is 24.1 Å². The number of carbonyl (C=O) groups excluding carboxylic acids is 5. The van der Waals surface area contributed by atoms with Gasteiger partial charge in [0.25, 0.3) is 0 Å². The Hall–Kier alpha value is -4.41. The molecule has 2 aromatic carbocycles. The van der Waals surface area contributed by atoms with Crippen LogP contribution in [0.3, 0.4) is 0 Å². The highest BCUT2D eigenvalue weighted by atomic mass is 16.6. The quantitative estimate of drug-likeness (QED) is 0.282. The van der Waals surface area contributed by atoms with E-state index in [9.17, 15) is 24.0 Å². The van der Waals surface area contributed by atoms with Gasteiger partial charge in [-0.2, -0.15) is 0 Å². The largest absolute Gasteiger partial charge is 0.468 e. The summed E-state index contributed by atoms with van der Waals surface area (Å²) in [6.07, 6.45) is -0.561. The fraction of sp³-hybridized carbons (Fsp3) is 0.370. The van der Waals surface area contributed by atoms with Crippen LogP contribution in [0, 0.1) is 11.8 Å². The van der Waals surface area contributed by atoms with Crippen molar-refractivity contribution in [3.63, 3.8) is 0 Å². The van der Waals surface area contributed by atoms with Crippen molar-refractivity contribution in [1.29, 1.82) is 0 Å². The number of benzene rings is 2. The molecule has 3 atom stereocenters. The molecule has 1 aliphatic rings. The van der Waals surface area contributed by atoms with Crippen LogP contribution < -0.4 is 11.1 Å². The Balaban J connectivity index is 1.85. The second kappa shape index (κ2) is 12.7. The minimum Gasteiger partial charge on any atom is -0.468 e. The van der Waals surface area contributed by atoms with Crippen LogP contribution in [0.4, 0.5) is 4.79 Å². The number of hydrogen-bond acceptors (Lipinski definition) is 8. The number of fused-ring (bicyclic) bond motifs is 1. The van der Waals surface area contributed by atoms with E-state index in [2.05, 4.69) is 14.8 Å². The van der Waals surface area contributed by atoms with Crippen molar-refractivity contribution in [2.75, 3.05) is 14.2 Å². The smallest absolute Gasteiger partial charge is 0.411 e. The summed E-state index contributed by atoms with van der Waals surface area (Å²) in [5.74, 6) is -6.17. The van der Waals surface area contributed by atoms with Gasteiger partial charge in [0.15, 0.2) is 5.92 Å². The molecule has 2 aromatic rings. The summed E-state index contributed by atoms with van der Waals surface area (Å²) in [5.41, 5.74) is 8.04. The number of esters is 2. The van der Waals surface area contributed by atoms with Crippen molar-refractivity contribution in [2.24, 2.45) is 17.6 Å². The minimum absolute atomic E-state index is 0.00699. The molecule has 1 heterocycles. The number of hydrogen-bond donors (Lipinski definition) is 2. The molecule has 0 saturated carbocycles. The first-order valence-corrected chi connectivity index (χ1v) is 12.0. The third-order valence-electron chi connectivity index (χ3n) is 6.56. The third-order valence-corrected chi connectivity index (χ3v) is 6.56. The average Bonchev–Trinajstić information content (AvgIpc) is 2.93. The van der Waals surface area contributed by atoms with E-state index in [0.717, 1.165) is 30.9 Å². The van der Waals surface area contributed by atoms with Crippen molar-refractivity contribution < 1.29 is 38.2 Å². The summed E-state index contributed by atoms with van der Waals surface area (Å²) in [6, 6.07) is 14.0. The molecular weight excluding hydrogens is 494 g/mol. The molecule has 0 bridgehead atoms. The Bertz CT molecular complexity index is 1170. The monoisotopic (exact) mass is 525 g/mol. The highest BCUT2D eigenvalue weighted by Crippen LogP contribution is 2.26. The van der Waals surface area contributed by atoms with Crippen molar-refractivity contribution in [3.05, 3.63) is 71.3 Å². The van der Waals surface area contributed by atoms with E-state index in [1.807, 2.05) is 42.5 Å². The second-order valence-corrected chi connectivity index (χ2v) is 8.93. The summed E-state index contributed by atoms with van der Waals surface area (Å²) in [7, 11) is 2.17. The molecule has 3 amide bonds. The molecule has 3 rings (SSSR count). The van der Waals surface area contributed by atoms with E-state index in [-0.39, 0.29) is 19.6 Å². The van der Waals surface area contributed by atoms with Crippen LogP contribution in [0.25, 0.3) is 0 Å². The van der Waals surface area contributed by atoms with Gasteiger partial charge in [0.2, 0.25) is 11.8 Å². The van der Waals surface area contributed by atoms with Crippen molar-refractivity contribution in [3.8, 4) is 0 Å². The number of carbonyl (C=O) groups is 5. The topological polar surface area (TPSA) is 154 Å². The summed E-state index contributed by atoms with van der Waals surface area (Å²) in [5, 5.41) is 2.54. The zero-order valence-corrected chi connectivity index (χ0v) is 21.4. The highest BCUT2D eigenvalue weighted by Gasteiger charge is 2.43. The normalized spacial score (nSPS) is 16.0. The summed E-state index contributed by atoms with van der Waals surface area (Å²) in [4.78, 5) is 64.8. The molecule has 0 spiro atoms. The van der Waals surface area contributed by atoms with Crippen LogP contribution in [-0.2, 0) is 53.0 Å². The number of nitrogens with one attached hydrogen (secondary N) is 1. The molecule has 0 fully saturated rings. The van der Waals surface area contributed by atoms with Gasteiger partial charge < -0.3 is 25.3 Å². The van der Waals surface area contributed by atoms with E-state index in [1.165, 1.54) is 11.8 Å². The Kier molecular flexibility index (Phi) is 9.42. The lowest BCUT2D eigenvalue weighted by molar-refractivity contribution is -0.162. The maximum absolute atomic E-state index is 13.5. The first-order chi connectivity index (χ1) is 18.2. The van der Waals surface area contributed by atoms with Crippen molar-refractivity contribution in [1.82, 2.24) is 10.2 Å². The van der Waals surface area contributed by atoms with Gasteiger partial charge in [-0.25, -0.2) is 4.79 Å². The number of ether oxygens (including phenoxy) is 3. The standard InChI is InChI=1S/C27H31N3O8/c1-16(21(25(33)36-2)26(34)37-3)22(23(28)31)29-24(32)20-13-18-11-7-8-12-19(18)14-30(20)27(35)38-15-17-9-5-4-6-10-17/h4-12,16,20-22H,13-15H2,1-3H3,(H2,28,31)(H,29,32)/t16-,20+,22-/m1/s1. The molecule has 202 valence electrons. The van der Waals surface area contributed by atoms with Crippen molar-refractivity contribution >= 4 is 29.8 Å². The van der Waals surface area contributed by atoms with Gasteiger partial charge in [0.1, 0.15) is 18.7 Å². The highest BCUT2D eigenvalue weighted by molar-refractivity contribution is 5.97. The van der Waals surface area contributed by atoms with E-state index < -0.39 is 53.8 Å². The molecule has 11 nitrogen and oxygen atoms in total. The predicted octanol–water partition coefficient (Wildman–Crippen LogP) is 1.32. The predicted molar refractivity (Wildman–Crippen MR) is 134 cm³/mol. The maximum atomic E-state index is 13.5. The number of primary amides is 1. The number of rotatable bonds is 9. The zero-order valence-electron chi connectivity index (χ0n) is 21.4. The fourth-order valence-electron chi connectivity index (χ4n) is 4.43. The van der Waals surface area contributed by atoms with Crippen LogP contribution in [0.5, 0.6) is 0 Å². The van der Waals surface area contributed by atoms with E-state index in [0.29, 0.717) is 0 Å². The third kappa shape index (κ3) is 6.47. The maximum Gasteiger partial charge on any atom is 0.411 e. The Morgan fingerprint density at radius 1 is 0.947 bits per heavy atom. The van der Waals surface area contributed by atoms with Crippen molar-refractivity contribution in [2.45, 2.75) is 38.6 Å². The fourth-order valence-corrected chi connectivity index (χ4v) is 4.43. The molecule has 3 N–H and O–H groups in total. The van der Waals surface area contributed by atoms with Crippen LogP contribution in [0.15, 0.2) is 54.6 Å². The average molecular weight is 526 g/mol. The van der Waals surface area contributed by atoms with Crippen LogP contribution >= 0.6 is 0 Å². The van der Waals surface area contributed by atoms with Gasteiger partial charge in [-0.15, -0.1) is 0 Å². The Morgan fingerprint density at radius 2 is 1.53 bits per heavy atom. The Morgan fingerprint density at radius 3 is 2.11 bits per heavy atom. The van der Waals surface area contributed by atoms with Crippen LogP contribution in [0.2, 0.25) is 0 Å². The number of methoxy groups -OCH3 is 2. The lowest BCUT2D eigenvalue weighted by atomic mass is 9.86. The first kappa shape index (κ1) is 28.2.